The lowest BCUT2D eigenvalue weighted by Crippen LogP contribution is -2.42. The molecule has 3 rings (SSSR count). The number of rotatable bonds is 8. The molecule has 162 valence electrons. The van der Waals surface area contributed by atoms with Gasteiger partial charge < -0.3 is 15.0 Å². The van der Waals surface area contributed by atoms with Gasteiger partial charge in [0.25, 0.3) is 0 Å². The van der Waals surface area contributed by atoms with Crippen molar-refractivity contribution in [3.8, 4) is 0 Å². The molecule has 1 aromatic heterocycles. The van der Waals surface area contributed by atoms with Crippen LogP contribution in [-0.4, -0.2) is 52.3 Å². The molecule has 2 heterocycles. The van der Waals surface area contributed by atoms with Crippen LogP contribution in [0.15, 0.2) is 24.3 Å². The average Bonchev–Trinajstić information content (AvgIpc) is 3.32. The third-order valence-corrected chi connectivity index (χ3v) is 5.65. The van der Waals surface area contributed by atoms with E-state index in [0.29, 0.717) is 26.1 Å². The molecule has 7 heteroatoms. The standard InChI is InChI=1S/C23H32N4O3/c1-16-7-5-9-21(19(16)4)24-22(28)15-26(14-20-8-6-12-30-20)23(29)10-11-27-18(3)13-17(2)25-27/h5,7,9,13,20H,6,8,10-12,14-15H2,1-4H3,(H,24,28). The van der Waals surface area contributed by atoms with Crippen molar-refractivity contribution < 1.29 is 14.3 Å². The van der Waals surface area contributed by atoms with Crippen LogP contribution in [-0.2, 0) is 20.9 Å². The number of hydrogen-bond donors (Lipinski definition) is 1. The smallest absolute Gasteiger partial charge is 0.244 e. The van der Waals surface area contributed by atoms with Gasteiger partial charge in [0.05, 0.1) is 18.3 Å². The molecule has 1 saturated heterocycles. The summed E-state index contributed by atoms with van der Waals surface area (Å²) in [6.45, 7) is 9.58. The van der Waals surface area contributed by atoms with Gasteiger partial charge in [-0.1, -0.05) is 12.1 Å². The first kappa shape index (κ1) is 22.0. The van der Waals surface area contributed by atoms with Gasteiger partial charge in [-0.25, -0.2) is 0 Å². The molecule has 1 aliphatic rings. The maximum atomic E-state index is 13.0. The zero-order valence-corrected chi connectivity index (χ0v) is 18.4. The van der Waals surface area contributed by atoms with Crippen LogP contribution >= 0.6 is 0 Å². The minimum Gasteiger partial charge on any atom is -0.376 e. The zero-order chi connectivity index (χ0) is 21.7. The van der Waals surface area contributed by atoms with Crippen LogP contribution in [0, 0.1) is 27.7 Å². The first-order valence-corrected chi connectivity index (χ1v) is 10.6. The van der Waals surface area contributed by atoms with E-state index in [4.69, 9.17) is 4.74 Å². The molecule has 1 unspecified atom stereocenters. The SMILES string of the molecule is Cc1cc(C)n(CCC(=O)N(CC(=O)Nc2cccc(C)c2C)CC2CCCO2)n1. The van der Waals surface area contributed by atoms with Gasteiger partial charge in [0.2, 0.25) is 11.8 Å². The third-order valence-electron chi connectivity index (χ3n) is 5.65. The number of anilines is 1. The number of amides is 2. The summed E-state index contributed by atoms with van der Waals surface area (Å²) in [7, 11) is 0. The van der Waals surface area contributed by atoms with Crippen LogP contribution < -0.4 is 5.32 Å². The molecule has 0 spiro atoms. The van der Waals surface area contributed by atoms with Gasteiger partial charge in [-0.15, -0.1) is 0 Å². The number of ether oxygens (including phenoxy) is 1. The second kappa shape index (κ2) is 9.89. The van der Waals surface area contributed by atoms with E-state index >= 15 is 0 Å². The molecule has 1 N–H and O–H groups in total. The van der Waals surface area contributed by atoms with Crippen LogP contribution in [0.5, 0.6) is 0 Å². The first-order chi connectivity index (χ1) is 14.3. The van der Waals surface area contributed by atoms with E-state index in [9.17, 15) is 9.59 Å². The average molecular weight is 413 g/mol. The van der Waals surface area contributed by atoms with Crippen molar-refractivity contribution in [3.05, 3.63) is 46.8 Å². The second-order valence-corrected chi connectivity index (χ2v) is 8.11. The Kier molecular flexibility index (Phi) is 7.26. The summed E-state index contributed by atoms with van der Waals surface area (Å²) >= 11 is 0. The number of aryl methyl sites for hydroxylation is 4. The molecule has 0 saturated carbocycles. The normalized spacial score (nSPS) is 15.9. The van der Waals surface area contributed by atoms with Crippen LogP contribution in [0.3, 0.4) is 0 Å². The highest BCUT2D eigenvalue weighted by Crippen LogP contribution is 2.18. The molecule has 0 radical (unpaired) electrons. The van der Waals surface area contributed by atoms with Gasteiger partial charge in [0, 0.05) is 37.5 Å². The van der Waals surface area contributed by atoms with Gasteiger partial charge in [-0.3, -0.25) is 14.3 Å². The number of benzene rings is 1. The van der Waals surface area contributed by atoms with Crippen LogP contribution in [0.1, 0.15) is 41.8 Å². The predicted molar refractivity (Wildman–Crippen MR) is 116 cm³/mol. The Balaban J connectivity index is 1.64. The third kappa shape index (κ3) is 5.69. The minimum absolute atomic E-state index is 0.00357. The molecule has 0 bridgehead atoms. The van der Waals surface area contributed by atoms with Crippen LogP contribution in [0.25, 0.3) is 0 Å². The van der Waals surface area contributed by atoms with E-state index in [1.807, 2.05) is 56.6 Å². The summed E-state index contributed by atoms with van der Waals surface area (Å²) < 4.78 is 7.55. The first-order valence-electron chi connectivity index (χ1n) is 10.6. The van der Waals surface area contributed by atoms with E-state index < -0.39 is 0 Å². The number of aromatic nitrogens is 2. The lowest BCUT2D eigenvalue weighted by molar-refractivity contribution is -0.136. The molecule has 1 aromatic carbocycles. The summed E-state index contributed by atoms with van der Waals surface area (Å²) in [4.78, 5) is 27.3. The highest BCUT2D eigenvalue weighted by Gasteiger charge is 2.24. The number of nitrogens with one attached hydrogen (secondary N) is 1. The summed E-state index contributed by atoms with van der Waals surface area (Å²) in [6.07, 6.45) is 2.20. The molecule has 1 atom stereocenters. The highest BCUT2D eigenvalue weighted by molar-refractivity contribution is 5.95. The van der Waals surface area contributed by atoms with Crippen molar-refractivity contribution in [1.29, 1.82) is 0 Å². The summed E-state index contributed by atoms with van der Waals surface area (Å²) in [5.74, 6) is -0.254. The number of carbonyl (C=O) groups is 2. The topological polar surface area (TPSA) is 76.5 Å². The molecular weight excluding hydrogens is 380 g/mol. The fraction of sp³-hybridized carbons (Fsp3) is 0.522. The lowest BCUT2D eigenvalue weighted by Gasteiger charge is -2.25. The fourth-order valence-corrected chi connectivity index (χ4v) is 3.80. The maximum Gasteiger partial charge on any atom is 0.244 e. The monoisotopic (exact) mass is 412 g/mol. The molecular formula is C23H32N4O3. The van der Waals surface area contributed by atoms with E-state index in [-0.39, 0.29) is 24.5 Å². The predicted octanol–water partition coefficient (Wildman–Crippen LogP) is 3.15. The summed E-state index contributed by atoms with van der Waals surface area (Å²) in [5.41, 5.74) is 4.90. The zero-order valence-electron chi connectivity index (χ0n) is 18.4. The van der Waals surface area contributed by atoms with Gasteiger partial charge in [0.15, 0.2) is 0 Å². The van der Waals surface area contributed by atoms with Crippen molar-refractivity contribution in [3.63, 3.8) is 0 Å². The number of hydrogen-bond acceptors (Lipinski definition) is 4. The van der Waals surface area contributed by atoms with Gasteiger partial charge in [0.1, 0.15) is 0 Å². The maximum absolute atomic E-state index is 13.0. The van der Waals surface area contributed by atoms with E-state index in [1.165, 1.54) is 0 Å². The minimum atomic E-state index is -0.193. The largest absolute Gasteiger partial charge is 0.376 e. The Labute approximate surface area is 178 Å². The van der Waals surface area contributed by atoms with Gasteiger partial charge in [-0.2, -0.15) is 5.10 Å². The summed E-state index contributed by atoms with van der Waals surface area (Å²) in [5, 5.41) is 7.38. The van der Waals surface area contributed by atoms with Crippen molar-refractivity contribution in [2.24, 2.45) is 0 Å². The molecule has 2 amide bonds. The van der Waals surface area contributed by atoms with Gasteiger partial charge in [-0.05, 0) is 63.8 Å². The Morgan fingerprint density at radius 1 is 1.27 bits per heavy atom. The van der Waals surface area contributed by atoms with Crippen molar-refractivity contribution in [1.82, 2.24) is 14.7 Å². The van der Waals surface area contributed by atoms with Gasteiger partial charge >= 0.3 is 0 Å². The summed E-state index contributed by atoms with van der Waals surface area (Å²) in [6, 6.07) is 7.81. The van der Waals surface area contributed by atoms with E-state index in [0.717, 1.165) is 41.0 Å². The number of carbonyl (C=O) groups excluding carboxylic acids is 2. The quantitative estimate of drug-likeness (QED) is 0.723. The molecule has 30 heavy (non-hydrogen) atoms. The Morgan fingerprint density at radius 2 is 2.07 bits per heavy atom. The van der Waals surface area contributed by atoms with E-state index in [2.05, 4.69) is 10.4 Å². The Bertz CT molecular complexity index is 900. The van der Waals surface area contributed by atoms with E-state index in [1.54, 1.807) is 4.90 Å². The fourth-order valence-electron chi connectivity index (χ4n) is 3.80. The van der Waals surface area contributed by atoms with Crippen LogP contribution in [0.4, 0.5) is 5.69 Å². The highest BCUT2D eigenvalue weighted by atomic mass is 16.5. The van der Waals surface area contributed by atoms with Crippen molar-refractivity contribution >= 4 is 17.5 Å². The molecule has 1 fully saturated rings. The van der Waals surface area contributed by atoms with Crippen LogP contribution in [0.2, 0.25) is 0 Å². The molecule has 0 aliphatic carbocycles. The number of nitrogens with zero attached hydrogens (tertiary/aromatic N) is 3. The molecule has 7 nitrogen and oxygen atoms in total. The molecule has 2 aromatic rings. The second-order valence-electron chi connectivity index (χ2n) is 8.11. The lowest BCUT2D eigenvalue weighted by atomic mass is 10.1. The van der Waals surface area contributed by atoms with Crippen molar-refractivity contribution in [2.45, 2.75) is 59.6 Å². The Hall–Kier alpha value is -2.67. The Morgan fingerprint density at radius 3 is 2.73 bits per heavy atom. The molecule has 1 aliphatic heterocycles. The van der Waals surface area contributed by atoms with Crippen molar-refractivity contribution in [2.75, 3.05) is 25.0 Å².